The van der Waals surface area contributed by atoms with Gasteiger partial charge in [0.05, 0.1) is 10.6 Å². The number of hydrogen-bond donors (Lipinski definition) is 1. The maximum atomic E-state index is 5.94. The Morgan fingerprint density at radius 2 is 2.00 bits per heavy atom. The predicted octanol–water partition coefficient (Wildman–Crippen LogP) is 3.48. The van der Waals surface area contributed by atoms with Gasteiger partial charge in [0, 0.05) is 12.1 Å². The highest BCUT2D eigenvalue weighted by atomic mass is 79.9. The van der Waals surface area contributed by atoms with Crippen LogP contribution in [0, 0.1) is 0 Å². The van der Waals surface area contributed by atoms with Crippen molar-refractivity contribution in [3.05, 3.63) is 28.2 Å². The number of para-hydroxylation sites is 1. The molecule has 1 aromatic carbocycles. The lowest BCUT2D eigenvalue weighted by atomic mass is 10.2. The van der Waals surface area contributed by atoms with E-state index in [1.54, 1.807) is 0 Å². The second-order valence-corrected chi connectivity index (χ2v) is 4.34. The zero-order valence-corrected chi connectivity index (χ0v) is 10.9. The van der Waals surface area contributed by atoms with Crippen LogP contribution in [0.1, 0.15) is 32.3 Å². The van der Waals surface area contributed by atoms with Crippen molar-refractivity contribution in [1.82, 2.24) is 0 Å². The first-order valence-corrected chi connectivity index (χ1v) is 6.16. The molecule has 3 heteroatoms. The summed E-state index contributed by atoms with van der Waals surface area (Å²) in [6.07, 6.45) is 2.30. The van der Waals surface area contributed by atoms with Gasteiger partial charge in [0.1, 0.15) is 5.75 Å². The van der Waals surface area contributed by atoms with Crippen LogP contribution in [-0.4, -0.2) is 6.10 Å². The lowest BCUT2D eigenvalue weighted by Crippen LogP contribution is -2.15. The number of rotatable bonds is 5. The van der Waals surface area contributed by atoms with Gasteiger partial charge in [0.25, 0.3) is 0 Å². The molecule has 0 aliphatic heterocycles. The van der Waals surface area contributed by atoms with Crippen molar-refractivity contribution in [1.29, 1.82) is 0 Å². The van der Waals surface area contributed by atoms with E-state index in [9.17, 15) is 0 Å². The van der Waals surface area contributed by atoms with Crippen LogP contribution in [0.15, 0.2) is 22.7 Å². The summed E-state index contributed by atoms with van der Waals surface area (Å²) in [7, 11) is 0. The number of hydrogen-bond acceptors (Lipinski definition) is 2. The molecule has 0 radical (unpaired) electrons. The Labute approximate surface area is 99.9 Å². The van der Waals surface area contributed by atoms with Crippen molar-refractivity contribution in [3.63, 3.8) is 0 Å². The highest BCUT2D eigenvalue weighted by Crippen LogP contribution is 2.30. The predicted molar refractivity (Wildman–Crippen MR) is 67.0 cm³/mol. The first-order chi connectivity index (χ1) is 7.22. The van der Waals surface area contributed by atoms with Crippen LogP contribution < -0.4 is 10.5 Å². The maximum Gasteiger partial charge on any atom is 0.138 e. The largest absolute Gasteiger partial charge is 0.489 e. The summed E-state index contributed by atoms with van der Waals surface area (Å²) >= 11 is 3.49. The zero-order valence-electron chi connectivity index (χ0n) is 9.29. The van der Waals surface area contributed by atoms with Crippen LogP contribution in [0.3, 0.4) is 0 Å². The van der Waals surface area contributed by atoms with Crippen molar-refractivity contribution in [2.45, 2.75) is 39.3 Å². The summed E-state index contributed by atoms with van der Waals surface area (Å²) in [4.78, 5) is 0. The Morgan fingerprint density at radius 3 is 2.53 bits per heavy atom. The van der Waals surface area contributed by atoms with Gasteiger partial charge >= 0.3 is 0 Å². The molecule has 1 aromatic rings. The molecule has 0 fully saturated rings. The van der Waals surface area contributed by atoms with E-state index in [1.807, 2.05) is 18.2 Å². The fourth-order valence-electron chi connectivity index (χ4n) is 1.47. The molecule has 2 N–H and O–H groups in total. The Morgan fingerprint density at radius 1 is 1.33 bits per heavy atom. The minimum absolute atomic E-state index is 0.272. The van der Waals surface area contributed by atoms with E-state index in [0.29, 0.717) is 6.54 Å². The molecule has 0 saturated heterocycles. The Balaban J connectivity index is 2.91. The summed E-state index contributed by atoms with van der Waals surface area (Å²) in [5.74, 6) is 0.897. The molecule has 15 heavy (non-hydrogen) atoms. The van der Waals surface area contributed by atoms with Gasteiger partial charge in [-0.25, -0.2) is 0 Å². The van der Waals surface area contributed by atoms with Crippen LogP contribution in [-0.2, 0) is 6.54 Å². The van der Waals surface area contributed by atoms with Gasteiger partial charge in [0.15, 0.2) is 0 Å². The van der Waals surface area contributed by atoms with Crippen molar-refractivity contribution in [2.24, 2.45) is 5.73 Å². The summed E-state index contributed by atoms with van der Waals surface area (Å²) in [6, 6.07) is 5.96. The molecule has 0 spiro atoms. The smallest absolute Gasteiger partial charge is 0.138 e. The van der Waals surface area contributed by atoms with Gasteiger partial charge in [-0.15, -0.1) is 0 Å². The minimum atomic E-state index is 0.272. The summed E-state index contributed by atoms with van der Waals surface area (Å²) in [5, 5.41) is 0. The fourth-order valence-corrected chi connectivity index (χ4v) is 1.97. The lowest BCUT2D eigenvalue weighted by molar-refractivity contribution is 0.189. The topological polar surface area (TPSA) is 35.2 Å². The third-order valence-corrected chi connectivity index (χ3v) is 3.09. The average molecular weight is 272 g/mol. The third kappa shape index (κ3) is 3.21. The van der Waals surface area contributed by atoms with E-state index in [2.05, 4.69) is 29.8 Å². The Bertz CT molecular complexity index is 310. The van der Waals surface area contributed by atoms with E-state index >= 15 is 0 Å². The molecule has 0 aliphatic carbocycles. The van der Waals surface area contributed by atoms with Crippen molar-refractivity contribution in [2.75, 3.05) is 0 Å². The van der Waals surface area contributed by atoms with E-state index in [4.69, 9.17) is 10.5 Å². The molecule has 0 bridgehead atoms. The van der Waals surface area contributed by atoms with Crippen LogP contribution in [0.4, 0.5) is 0 Å². The maximum absolute atomic E-state index is 5.94. The highest BCUT2D eigenvalue weighted by Gasteiger charge is 2.11. The lowest BCUT2D eigenvalue weighted by Gasteiger charge is -2.19. The molecule has 0 aliphatic rings. The molecular weight excluding hydrogens is 254 g/mol. The molecule has 0 amide bonds. The van der Waals surface area contributed by atoms with Crippen LogP contribution in [0.5, 0.6) is 5.75 Å². The Kier molecular flexibility index (Phi) is 5.12. The minimum Gasteiger partial charge on any atom is -0.489 e. The summed E-state index contributed by atoms with van der Waals surface area (Å²) in [5.41, 5.74) is 6.73. The normalized spacial score (nSPS) is 10.7. The molecule has 84 valence electrons. The zero-order chi connectivity index (χ0) is 11.3. The highest BCUT2D eigenvalue weighted by molar-refractivity contribution is 9.10. The first kappa shape index (κ1) is 12.5. The van der Waals surface area contributed by atoms with Gasteiger partial charge in [-0.1, -0.05) is 26.0 Å². The van der Waals surface area contributed by atoms with Crippen LogP contribution in [0.25, 0.3) is 0 Å². The SMILES string of the molecule is CCC(CC)Oc1c(Br)cccc1CN. The molecule has 0 atom stereocenters. The summed E-state index contributed by atoms with van der Waals surface area (Å²) in [6.45, 7) is 4.77. The molecule has 0 unspecified atom stereocenters. The van der Waals surface area contributed by atoms with Crippen LogP contribution >= 0.6 is 15.9 Å². The van der Waals surface area contributed by atoms with E-state index in [-0.39, 0.29) is 6.10 Å². The van der Waals surface area contributed by atoms with Gasteiger partial charge in [-0.3, -0.25) is 0 Å². The number of nitrogens with two attached hydrogens (primary N) is 1. The molecule has 0 heterocycles. The first-order valence-electron chi connectivity index (χ1n) is 5.37. The van der Waals surface area contributed by atoms with Crippen molar-refractivity contribution in [3.8, 4) is 5.75 Å². The molecule has 0 aromatic heterocycles. The average Bonchev–Trinajstić information content (AvgIpc) is 2.27. The fraction of sp³-hybridized carbons (Fsp3) is 0.500. The van der Waals surface area contributed by atoms with Crippen molar-refractivity contribution < 1.29 is 4.74 Å². The number of ether oxygens (including phenoxy) is 1. The van der Waals surface area contributed by atoms with E-state index in [1.165, 1.54) is 0 Å². The van der Waals surface area contributed by atoms with Crippen molar-refractivity contribution >= 4 is 15.9 Å². The quantitative estimate of drug-likeness (QED) is 0.890. The van der Waals surface area contributed by atoms with Crippen LogP contribution in [0.2, 0.25) is 0 Å². The van der Waals surface area contributed by atoms with Gasteiger partial charge in [-0.05, 0) is 34.8 Å². The number of benzene rings is 1. The molecule has 0 saturated carbocycles. The summed E-state index contributed by atoms with van der Waals surface area (Å²) < 4.78 is 6.92. The second-order valence-electron chi connectivity index (χ2n) is 3.49. The monoisotopic (exact) mass is 271 g/mol. The standard InChI is InChI=1S/C12H18BrNO/c1-3-10(4-2)15-12-9(8-14)6-5-7-11(12)13/h5-7,10H,3-4,8,14H2,1-2H3. The van der Waals surface area contributed by atoms with Gasteiger partial charge < -0.3 is 10.5 Å². The van der Waals surface area contributed by atoms with Gasteiger partial charge in [0.2, 0.25) is 0 Å². The molecule has 1 rings (SSSR count). The number of halogens is 1. The van der Waals surface area contributed by atoms with E-state index in [0.717, 1.165) is 28.6 Å². The van der Waals surface area contributed by atoms with Gasteiger partial charge in [-0.2, -0.15) is 0 Å². The second kappa shape index (κ2) is 6.13. The molecular formula is C12H18BrNO. The van der Waals surface area contributed by atoms with E-state index < -0.39 is 0 Å². The molecule has 2 nitrogen and oxygen atoms in total. The Hall–Kier alpha value is -0.540. The third-order valence-electron chi connectivity index (χ3n) is 2.46.